The second kappa shape index (κ2) is 7.71. The van der Waals surface area contributed by atoms with Crippen molar-refractivity contribution in [1.82, 2.24) is 0 Å². The average Bonchev–Trinajstić information content (AvgIpc) is 3.20. The number of para-hydroxylation sites is 1. The largest absolute Gasteiger partial charge is 0.519 e. The van der Waals surface area contributed by atoms with Crippen molar-refractivity contribution in [2.45, 2.75) is 12.0 Å². The highest BCUT2D eigenvalue weighted by molar-refractivity contribution is 5.98. The molecule has 39 heavy (non-hydrogen) atoms. The lowest BCUT2D eigenvalue weighted by atomic mass is 9.74. The Morgan fingerprint density at radius 2 is 1.59 bits per heavy atom. The van der Waals surface area contributed by atoms with Gasteiger partial charge < -0.3 is 29.2 Å². The maximum Gasteiger partial charge on any atom is 0.519 e. The minimum atomic E-state index is -1.70. The number of phenolic OH excluding ortho intramolecular Hbond substituents is 2. The zero-order valence-electron chi connectivity index (χ0n) is 19.7. The Labute approximate surface area is 218 Å². The van der Waals surface area contributed by atoms with Crippen LogP contribution in [0.2, 0.25) is 0 Å². The van der Waals surface area contributed by atoms with Crippen LogP contribution in [0.1, 0.15) is 38.2 Å². The fraction of sp³-hybridized carbons (Fsp3) is 0.0714. The van der Waals surface area contributed by atoms with E-state index in [2.05, 4.69) is 0 Å². The number of rotatable bonds is 3. The predicted molar refractivity (Wildman–Crippen MR) is 131 cm³/mol. The molecule has 7 rings (SSSR count). The predicted octanol–water partition coefficient (Wildman–Crippen LogP) is 5.06. The third kappa shape index (κ3) is 2.98. The molecule has 0 saturated carbocycles. The van der Waals surface area contributed by atoms with Gasteiger partial charge >= 0.3 is 12.1 Å². The van der Waals surface area contributed by atoms with E-state index in [4.69, 9.17) is 18.9 Å². The lowest BCUT2D eigenvalue weighted by molar-refractivity contribution is -0.385. The topological polar surface area (TPSA) is 155 Å². The minimum absolute atomic E-state index is 0.0783. The summed E-state index contributed by atoms with van der Waals surface area (Å²) >= 11 is 0. The lowest BCUT2D eigenvalue weighted by Crippen LogP contribution is -2.36. The van der Waals surface area contributed by atoms with Gasteiger partial charge in [0.1, 0.15) is 11.5 Å². The lowest BCUT2D eigenvalue weighted by Gasteiger charge is -2.39. The molecule has 0 fully saturated rings. The number of benzene rings is 4. The summed E-state index contributed by atoms with van der Waals surface area (Å²) in [6, 6.07) is 16.9. The van der Waals surface area contributed by atoms with Crippen LogP contribution in [0.4, 0.5) is 10.5 Å². The van der Waals surface area contributed by atoms with Gasteiger partial charge in [0, 0.05) is 40.8 Å². The van der Waals surface area contributed by atoms with Crippen LogP contribution in [-0.2, 0) is 16.8 Å². The molecule has 3 aliphatic heterocycles. The van der Waals surface area contributed by atoms with Crippen LogP contribution in [0.5, 0.6) is 34.5 Å². The zero-order chi connectivity index (χ0) is 27.1. The van der Waals surface area contributed by atoms with E-state index in [-0.39, 0.29) is 63.1 Å². The zero-order valence-corrected chi connectivity index (χ0v) is 19.7. The molecule has 2 bridgehead atoms. The summed E-state index contributed by atoms with van der Waals surface area (Å²) in [5, 5.41) is 33.1. The summed E-state index contributed by atoms with van der Waals surface area (Å²) in [6.07, 6.45) is -1.37. The van der Waals surface area contributed by atoms with Crippen molar-refractivity contribution in [2.24, 2.45) is 0 Å². The van der Waals surface area contributed by atoms with Crippen molar-refractivity contribution in [3.05, 3.63) is 110 Å². The first-order chi connectivity index (χ1) is 18.8. The van der Waals surface area contributed by atoms with Crippen LogP contribution < -0.4 is 14.2 Å². The first-order valence-corrected chi connectivity index (χ1v) is 11.7. The van der Waals surface area contributed by atoms with Crippen LogP contribution in [-0.4, -0.2) is 27.3 Å². The number of hydrogen-bond acceptors (Lipinski definition) is 10. The van der Waals surface area contributed by atoms with Gasteiger partial charge in [-0.3, -0.25) is 10.1 Å². The van der Waals surface area contributed by atoms with Crippen molar-refractivity contribution in [3.63, 3.8) is 0 Å². The van der Waals surface area contributed by atoms with Crippen LogP contribution in [0, 0.1) is 10.1 Å². The van der Waals surface area contributed by atoms with Gasteiger partial charge in [-0.2, -0.15) is 0 Å². The van der Waals surface area contributed by atoms with Crippen LogP contribution >= 0.6 is 0 Å². The van der Waals surface area contributed by atoms with E-state index >= 15 is 0 Å². The highest BCUT2D eigenvalue weighted by Gasteiger charge is 2.57. The van der Waals surface area contributed by atoms with Gasteiger partial charge in [-0.1, -0.05) is 36.4 Å². The molecule has 4 aromatic rings. The number of ether oxygens (including phenoxy) is 4. The number of hydrogen-bond donors (Lipinski definition) is 2. The van der Waals surface area contributed by atoms with E-state index in [9.17, 15) is 29.9 Å². The molecule has 0 aromatic heterocycles. The fourth-order valence-corrected chi connectivity index (χ4v) is 5.51. The van der Waals surface area contributed by atoms with Crippen molar-refractivity contribution in [1.29, 1.82) is 0 Å². The van der Waals surface area contributed by atoms with Crippen LogP contribution in [0.15, 0.2) is 66.7 Å². The van der Waals surface area contributed by atoms with Gasteiger partial charge in [-0.15, -0.1) is 0 Å². The molecule has 1 spiro atoms. The first-order valence-electron chi connectivity index (χ1n) is 11.7. The Hall–Kier alpha value is -5.58. The molecule has 2 N–H and O–H groups in total. The molecule has 11 heteroatoms. The number of fused-ring (bicyclic) bond motifs is 9. The summed E-state index contributed by atoms with van der Waals surface area (Å²) in [6.45, 7) is 0. The monoisotopic (exact) mass is 525 g/mol. The van der Waals surface area contributed by atoms with Gasteiger partial charge in [0.05, 0.1) is 16.1 Å². The molecule has 4 aromatic carbocycles. The number of nitro benzene ring substituents is 1. The highest BCUT2D eigenvalue weighted by atomic mass is 16.7. The van der Waals surface area contributed by atoms with E-state index in [1.165, 1.54) is 36.4 Å². The Bertz CT molecular complexity index is 1800. The van der Waals surface area contributed by atoms with Crippen LogP contribution in [0.3, 0.4) is 0 Å². The van der Waals surface area contributed by atoms with Gasteiger partial charge in [0.2, 0.25) is 11.5 Å². The Morgan fingerprint density at radius 1 is 0.846 bits per heavy atom. The van der Waals surface area contributed by atoms with E-state index in [0.29, 0.717) is 11.1 Å². The number of esters is 1. The molecular formula is C28H15NO10. The van der Waals surface area contributed by atoms with E-state index < -0.39 is 28.4 Å². The number of phenols is 2. The summed E-state index contributed by atoms with van der Waals surface area (Å²) < 4.78 is 22.8. The molecule has 192 valence electrons. The van der Waals surface area contributed by atoms with Gasteiger partial charge in [-0.05, 0) is 18.2 Å². The maximum atomic E-state index is 13.2. The number of nitro groups is 1. The summed E-state index contributed by atoms with van der Waals surface area (Å²) in [5.74, 6) is -2.14. The highest BCUT2D eigenvalue weighted by Crippen LogP contribution is 2.64. The normalized spacial score (nSPS) is 17.7. The smallest absolute Gasteiger partial charge is 0.508 e. The average molecular weight is 525 g/mol. The standard InChI is InChI=1S/C28H15NO10/c30-14-9-10-18-20(12-14)36-24-21(28(18)17-7-3-2-6-15(17)26(32)39-28)16(23-22(31)25(24)38-27(33)37-23)11-13-5-1-4-8-19(13)29(34)35/h1-10,12,30-31H,11H2. The second-order valence-electron chi connectivity index (χ2n) is 9.11. The first kappa shape index (κ1) is 22.6. The molecule has 3 heterocycles. The van der Waals surface area contributed by atoms with Crippen molar-refractivity contribution < 1.29 is 43.7 Å². The third-order valence-corrected chi connectivity index (χ3v) is 7.05. The molecule has 1 unspecified atom stereocenters. The molecular weight excluding hydrogens is 510 g/mol. The molecule has 3 aliphatic rings. The Balaban J connectivity index is 1.62. The number of carbonyl (C=O) groups is 2. The van der Waals surface area contributed by atoms with Gasteiger partial charge in [0.25, 0.3) is 5.69 Å². The quantitative estimate of drug-likeness (QED) is 0.161. The summed E-state index contributed by atoms with van der Waals surface area (Å²) in [5.41, 5.74) is -0.387. The minimum Gasteiger partial charge on any atom is -0.508 e. The van der Waals surface area contributed by atoms with Crippen molar-refractivity contribution in [2.75, 3.05) is 0 Å². The Morgan fingerprint density at radius 3 is 2.41 bits per heavy atom. The van der Waals surface area contributed by atoms with E-state index in [0.717, 1.165) is 0 Å². The summed E-state index contributed by atoms with van der Waals surface area (Å²) in [7, 11) is 0. The SMILES string of the molecule is O=C1Oc2c(O)c(c3c(c2Cc2ccccc2[N+](=O)[O-])C2(OC(=O)c4ccccc42)c2ccc(O)cc2O3)O1. The van der Waals surface area contributed by atoms with Crippen LogP contribution in [0.25, 0.3) is 0 Å². The van der Waals surface area contributed by atoms with E-state index in [1.807, 2.05) is 0 Å². The molecule has 0 amide bonds. The summed E-state index contributed by atoms with van der Waals surface area (Å²) in [4.78, 5) is 36.9. The van der Waals surface area contributed by atoms with E-state index in [1.54, 1.807) is 30.3 Å². The molecule has 11 nitrogen and oxygen atoms in total. The van der Waals surface area contributed by atoms with Gasteiger partial charge in [0.15, 0.2) is 17.1 Å². The molecule has 0 saturated heterocycles. The molecule has 0 radical (unpaired) electrons. The van der Waals surface area contributed by atoms with Crippen molar-refractivity contribution in [3.8, 4) is 34.5 Å². The fourth-order valence-electron chi connectivity index (χ4n) is 5.51. The number of carbonyl (C=O) groups excluding carboxylic acids is 2. The number of nitrogens with zero attached hydrogens (tertiary/aromatic N) is 1. The maximum absolute atomic E-state index is 13.2. The molecule has 1 atom stereocenters. The van der Waals surface area contributed by atoms with Gasteiger partial charge in [-0.25, -0.2) is 9.59 Å². The number of aromatic hydroxyl groups is 2. The Kier molecular flexibility index (Phi) is 4.47. The second-order valence-corrected chi connectivity index (χ2v) is 9.11. The van der Waals surface area contributed by atoms with Crippen molar-refractivity contribution >= 4 is 17.8 Å². The third-order valence-electron chi connectivity index (χ3n) is 7.05. The molecule has 0 aliphatic carbocycles.